The molecule has 2 N–H and O–H groups in total. The number of carbonyl (C=O) groups is 1. The lowest BCUT2D eigenvalue weighted by molar-refractivity contribution is -0.0974. The quantitative estimate of drug-likeness (QED) is 0.728. The van der Waals surface area contributed by atoms with Gasteiger partial charge in [-0.1, -0.05) is 12.1 Å². The molecular weight excluding hydrogens is 220 g/mol. The Kier molecular flexibility index (Phi) is 5.45. The van der Waals surface area contributed by atoms with E-state index in [1.54, 1.807) is 13.1 Å². The van der Waals surface area contributed by atoms with E-state index in [1.807, 2.05) is 18.2 Å². The van der Waals surface area contributed by atoms with Crippen LogP contribution in [-0.4, -0.2) is 40.0 Å². The third-order valence-corrected chi connectivity index (χ3v) is 2.40. The number of hydrogen-bond acceptors (Lipinski definition) is 4. The van der Waals surface area contributed by atoms with Crippen molar-refractivity contribution in [1.82, 2.24) is 5.32 Å². The second-order valence-electron chi connectivity index (χ2n) is 3.41. The third kappa shape index (κ3) is 3.72. The lowest BCUT2D eigenvalue weighted by atomic mass is 10.1. The van der Waals surface area contributed by atoms with Gasteiger partial charge in [-0.05, 0) is 12.1 Å². The molecule has 17 heavy (non-hydrogen) atoms. The molecule has 0 saturated carbocycles. The highest BCUT2D eigenvalue weighted by Gasteiger charge is 2.12. The molecule has 0 unspecified atom stereocenters. The van der Waals surface area contributed by atoms with Crippen molar-refractivity contribution >= 4 is 11.6 Å². The summed E-state index contributed by atoms with van der Waals surface area (Å²) in [7, 11) is 4.84. The van der Waals surface area contributed by atoms with Crippen molar-refractivity contribution in [3.05, 3.63) is 29.8 Å². The summed E-state index contributed by atoms with van der Waals surface area (Å²) in [6.45, 7) is 0.309. The van der Waals surface area contributed by atoms with Gasteiger partial charge in [-0.15, -0.1) is 0 Å². The van der Waals surface area contributed by atoms with Crippen LogP contribution >= 0.6 is 0 Å². The molecule has 0 aliphatic heterocycles. The van der Waals surface area contributed by atoms with Crippen LogP contribution < -0.4 is 10.6 Å². The number of hydrogen-bond donors (Lipinski definition) is 2. The van der Waals surface area contributed by atoms with Crippen LogP contribution in [0.15, 0.2) is 24.3 Å². The molecule has 1 aromatic rings. The number of methoxy groups -OCH3 is 2. The number of anilines is 1. The molecule has 0 aliphatic carbocycles. The van der Waals surface area contributed by atoms with Gasteiger partial charge in [0, 0.05) is 27.0 Å². The van der Waals surface area contributed by atoms with Gasteiger partial charge in [0.05, 0.1) is 12.1 Å². The van der Waals surface area contributed by atoms with E-state index < -0.39 is 6.29 Å². The normalized spacial score (nSPS) is 10.4. The lowest BCUT2D eigenvalue weighted by Gasteiger charge is -2.15. The van der Waals surface area contributed by atoms with Crippen molar-refractivity contribution in [2.24, 2.45) is 0 Å². The van der Waals surface area contributed by atoms with Gasteiger partial charge in [-0.25, -0.2) is 0 Å². The van der Waals surface area contributed by atoms with E-state index in [9.17, 15) is 4.79 Å². The molecule has 0 bridgehead atoms. The Morgan fingerprint density at radius 2 is 1.94 bits per heavy atom. The minimum absolute atomic E-state index is 0.158. The highest BCUT2D eigenvalue weighted by Crippen LogP contribution is 2.13. The van der Waals surface area contributed by atoms with Crippen LogP contribution in [0.2, 0.25) is 0 Å². The number of rotatable bonds is 6. The Hall–Kier alpha value is -1.59. The minimum atomic E-state index is -0.430. The number of nitrogens with one attached hydrogen (secondary N) is 2. The Balaban J connectivity index is 2.63. The fourth-order valence-electron chi connectivity index (χ4n) is 1.43. The SMILES string of the molecule is CNc1ccccc1C(=O)NCC(OC)OC. The summed E-state index contributed by atoms with van der Waals surface area (Å²) in [6.07, 6.45) is -0.430. The lowest BCUT2D eigenvalue weighted by Crippen LogP contribution is -2.34. The first kappa shape index (κ1) is 13.5. The second-order valence-corrected chi connectivity index (χ2v) is 3.41. The van der Waals surface area contributed by atoms with Crippen LogP contribution in [0.5, 0.6) is 0 Å². The van der Waals surface area contributed by atoms with Gasteiger partial charge in [-0.3, -0.25) is 4.79 Å². The number of para-hydroxylation sites is 1. The summed E-state index contributed by atoms with van der Waals surface area (Å²) in [6, 6.07) is 7.30. The van der Waals surface area contributed by atoms with Crippen molar-refractivity contribution in [2.45, 2.75) is 6.29 Å². The summed E-state index contributed by atoms with van der Waals surface area (Å²) in [5.74, 6) is -0.158. The van der Waals surface area contributed by atoms with E-state index >= 15 is 0 Å². The van der Waals surface area contributed by atoms with Crippen molar-refractivity contribution in [3.8, 4) is 0 Å². The molecule has 0 radical (unpaired) electrons. The fourth-order valence-corrected chi connectivity index (χ4v) is 1.43. The molecule has 5 nitrogen and oxygen atoms in total. The van der Waals surface area contributed by atoms with Crippen molar-refractivity contribution in [1.29, 1.82) is 0 Å². The number of amides is 1. The molecule has 0 aromatic heterocycles. The fraction of sp³-hybridized carbons (Fsp3) is 0.417. The topological polar surface area (TPSA) is 59.6 Å². The number of benzene rings is 1. The summed E-state index contributed by atoms with van der Waals surface area (Å²) < 4.78 is 9.98. The summed E-state index contributed by atoms with van der Waals surface area (Å²) in [5, 5.41) is 5.72. The van der Waals surface area contributed by atoms with Crippen LogP contribution in [-0.2, 0) is 9.47 Å². The monoisotopic (exact) mass is 238 g/mol. The van der Waals surface area contributed by atoms with Crippen LogP contribution in [0.4, 0.5) is 5.69 Å². The van der Waals surface area contributed by atoms with E-state index in [-0.39, 0.29) is 5.91 Å². The molecule has 5 heteroatoms. The Bertz CT molecular complexity index is 365. The zero-order valence-electron chi connectivity index (χ0n) is 10.3. The highest BCUT2D eigenvalue weighted by atomic mass is 16.7. The van der Waals surface area contributed by atoms with E-state index in [4.69, 9.17) is 9.47 Å². The molecule has 0 spiro atoms. The molecular formula is C12H18N2O3. The van der Waals surface area contributed by atoms with Gasteiger partial charge < -0.3 is 20.1 Å². The predicted octanol–water partition coefficient (Wildman–Crippen LogP) is 1.08. The minimum Gasteiger partial charge on any atom is -0.387 e. The van der Waals surface area contributed by atoms with E-state index in [0.717, 1.165) is 5.69 Å². The maximum atomic E-state index is 11.9. The van der Waals surface area contributed by atoms with Gasteiger partial charge in [0.15, 0.2) is 6.29 Å². The molecule has 1 rings (SSSR count). The predicted molar refractivity (Wildman–Crippen MR) is 66.1 cm³/mol. The third-order valence-electron chi connectivity index (χ3n) is 2.40. The summed E-state index contributed by atoms with van der Waals surface area (Å²) in [5.41, 5.74) is 1.39. The van der Waals surface area contributed by atoms with Gasteiger partial charge in [-0.2, -0.15) is 0 Å². The first-order valence-electron chi connectivity index (χ1n) is 5.33. The average molecular weight is 238 g/mol. The van der Waals surface area contributed by atoms with Crippen LogP contribution in [0.1, 0.15) is 10.4 Å². The molecule has 1 aromatic carbocycles. The second kappa shape index (κ2) is 6.88. The standard InChI is InChI=1S/C12H18N2O3/c1-13-10-7-5-4-6-9(10)12(15)14-8-11(16-2)17-3/h4-7,11,13H,8H2,1-3H3,(H,14,15). The van der Waals surface area contributed by atoms with Crippen molar-refractivity contribution < 1.29 is 14.3 Å². The van der Waals surface area contributed by atoms with Gasteiger partial charge in [0.2, 0.25) is 0 Å². The maximum Gasteiger partial charge on any atom is 0.253 e. The van der Waals surface area contributed by atoms with Gasteiger partial charge in [0.1, 0.15) is 0 Å². The first-order valence-corrected chi connectivity index (χ1v) is 5.33. The number of carbonyl (C=O) groups excluding carboxylic acids is 1. The molecule has 94 valence electrons. The summed E-state index contributed by atoms with van der Waals surface area (Å²) >= 11 is 0. The number of ether oxygens (including phenoxy) is 2. The first-order chi connectivity index (χ1) is 8.22. The molecule has 0 atom stereocenters. The average Bonchev–Trinajstić information content (AvgIpc) is 2.39. The highest BCUT2D eigenvalue weighted by molar-refractivity contribution is 5.99. The molecule has 1 amide bonds. The zero-order chi connectivity index (χ0) is 12.7. The van der Waals surface area contributed by atoms with Crippen LogP contribution in [0.25, 0.3) is 0 Å². The Morgan fingerprint density at radius 3 is 2.53 bits per heavy atom. The van der Waals surface area contributed by atoms with Crippen LogP contribution in [0, 0.1) is 0 Å². The Labute approximate surface area is 101 Å². The van der Waals surface area contributed by atoms with Crippen molar-refractivity contribution in [3.63, 3.8) is 0 Å². The molecule has 0 heterocycles. The largest absolute Gasteiger partial charge is 0.387 e. The zero-order valence-corrected chi connectivity index (χ0v) is 10.3. The molecule has 0 saturated heterocycles. The van der Waals surface area contributed by atoms with E-state index in [2.05, 4.69) is 10.6 Å². The van der Waals surface area contributed by atoms with Crippen molar-refractivity contribution in [2.75, 3.05) is 33.1 Å². The Morgan fingerprint density at radius 1 is 1.29 bits per heavy atom. The molecule has 0 aliphatic rings. The molecule has 0 fully saturated rings. The maximum absolute atomic E-state index is 11.9. The van der Waals surface area contributed by atoms with E-state index in [1.165, 1.54) is 14.2 Å². The van der Waals surface area contributed by atoms with Gasteiger partial charge in [0.25, 0.3) is 5.91 Å². The summed E-state index contributed by atoms with van der Waals surface area (Å²) in [4.78, 5) is 11.9. The van der Waals surface area contributed by atoms with E-state index in [0.29, 0.717) is 12.1 Å². The smallest absolute Gasteiger partial charge is 0.253 e. The van der Waals surface area contributed by atoms with Gasteiger partial charge >= 0.3 is 0 Å². The van der Waals surface area contributed by atoms with Crippen LogP contribution in [0.3, 0.4) is 0 Å².